The Morgan fingerprint density at radius 2 is 1.65 bits per heavy atom. The fraction of sp³-hybridized carbons (Fsp3) is 0.0400. The number of nitrogens with zero attached hydrogens (tertiary/aromatic N) is 2. The van der Waals surface area contributed by atoms with Crippen LogP contribution in [0.1, 0.15) is 11.1 Å². The van der Waals surface area contributed by atoms with Crippen molar-refractivity contribution in [2.45, 2.75) is 6.54 Å². The molecule has 6 heteroatoms. The third-order valence-corrected chi connectivity index (χ3v) is 6.73. The topological polar surface area (TPSA) is 25.2 Å². The average Bonchev–Trinajstić information content (AvgIpc) is 3.27. The highest BCUT2D eigenvalue weighted by atomic mass is 35.5. The van der Waals surface area contributed by atoms with Crippen molar-refractivity contribution in [3.63, 3.8) is 0 Å². The highest BCUT2D eigenvalue weighted by Gasteiger charge is 2.33. The summed E-state index contributed by atoms with van der Waals surface area (Å²) in [7, 11) is 0. The Kier molecular flexibility index (Phi) is 5.40. The van der Waals surface area contributed by atoms with E-state index in [-0.39, 0.29) is 5.91 Å². The van der Waals surface area contributed by atoms with E-state index in [9.17, 15) is 4.79 Å². The molecule has 3 nitrogen and oxygen atoms in total. The number of carbonyl (C=O) groups is 1. The molecule has 1 fully saturated rings. The van der Waals surface area contributed by atoms with Crippen molar-refractivity contribution < 1.29 is 4.79 Å². The molecule has 5 rings (SSSR count). The highest BCUT2D eigenvalue weighted by Crippen LogP contribution is 2.37. The molecule has 0 bridgehead atoms. The molecule has 0 radical (unpaired) electrons. The second-order valence-corrected chi connectivity index (χ2v) is 9.32. The van der Waals surface area contributed by atoms with Crippen LogP contribution in [0.4, 0.5) is 5.69 Å². The Morgan fingerprint density at radius 1 is 0.935 bits per heavy atom. The molecular formula is C25H17ClN2OS2. The second-order valence-electron chi connectivity index (χ2n) is 7.21. The summed E-state index contributed by atoms with van der Waals surface area (Å²) < 4.78 is 2.75. The zero-order chi connectivity index (χ0) is 21.4. The highest BCUT2D eigenvalue weighted by molar-refractivity contribution is 8.27. The van der Waals surface area contributed by atoms with Gasteiger partial charge in [-0.2, -0.15) is 0 Å². The van der Waals surface area contributed by atoms with E-state index in [4.69, 9.17) is 23.8 Å². The molecule has 0 saturated carbocycles. The molecule has 0 unspecified atom stereocenters. The van der Waals surface area contributed by atoms with E-state index in [0.717, 1.165) is 39.3 Å². The summed E-state index contributed by atoms with van der Waals surface area (Å²) in [6.45, 7) is 0.719. The van der Waals surface area contributed by atoms with Gasteiger partial charge in [-0.25, -0.2) is 0 Å². The van der Waals surface area contributed by atoms with Gasteiger partial charge in [-0.1, -0.05) is 84.1 Å². The van der Waals surface area contributed by atoms with Gasteiger partial charge >= 0.3 is 0 Å². The molecular weight excluding hydrogens is 444 g/mol. The lowest BCUT2D eigenvalue weighted by Crippen LogP contribution is -2.27. The van der Waals surface area contributed by atoms with E-state index in [1.165, 1.54) is 11.8 Å². The number of benzene rings is 3. The zero-order valence-electron chi connectivity index (χ0n) is 16.4. The van der Waals surface area contributed by atoms with E-state index >= 15 is 0 Å². The standard InChI is InChI=1S/C25H17ClN2OS2/c26-19-12-10-17(11-13-19)15-27-16-18(21-8-4-5-9-22(21)27)14-23-24(29)28(25(30)31-23)20-6-2-1-3-7-20/h1-14,16H,15H2/b23-14+. The molecule has 0 spiro atoms. The van der Waals surface area contributed by atoms with Crippen LogP contribution in [-0.2, 0) is 11.3 Å². The maximum absolute atomic E-state index is 13.1. The smallest absolute Gasteiger partial charge is 0.270 e. The number of aromatic nitrogens is 1. The SMILES string of the molecule is O=C1/C(=C\c2cn(Cc3ccc(Cl)cc3)c3ccccc23)SC(=S)N1c1ccccc1. The summed E-state index contributed by atoms with van der Waals surface area (Å²) in [5, 5.41) is 1.82. The predicted molar refractivity (Wildman–Crippen MR) is 135 cm³/mol. The molecule has 1 saturated heterocycles. The third-order valence-electron chi connectivity index (χ3n) is 5.18. The largest absolute Gasteiger partial charge is 0.342 e. The first-order valence-corrected chi connectivity index (χ1v) is 11.4. The second kappa shape index (κ2) is 8.35. The van der Waals surface area contributed by atoms with Gasteiger partial charge in [0.25, 0.3) is 5.91 Å². The number of hydrogen-bond acceptors (Lipinski definition) is 3. The van der Waals surface area contributed by atoms with Crippen LogP contribution in [0.5, 0.6) is 0 Å². The quantitative estimate of drug-likeness (QED) is 0.249. The fourth-order valence-electron chi connectivity index (χ4n) is 3.72. The molecule has 3 aromatic carbocycles. The first kappa shape index (κ1) is 20.1. The Morgan fingerprint density at radius 3 is 2.42 bits per heavy atom. The van der Waals surface area contributed by atoms with E-state index in [1.807, 2.05) is 72.8 Å². The number of para-hydroxylation sites is 2. The third kappa shape index (κ3) is 3.92. The number of rotatable bonds is 4. The van der Waals surface area contributed by atoms with Gasteiger partial charge in [0.1, 0.15) is 0 Å². The van der Waals surface area contributed by atoms with Gasteiger partial charge < -0.3 is 4.57 Å². The average molecular weight is 461 g/mol. The van der Waals surface area contributed by atoms with Crippen LogP contribution < -0.4 is 4.90 Å². The van der Waals surface area contributed by atoms with E-state index < -0.39 is 0 Å². The summed E-state index contributed by atoms with van der Waals surface area (Å²) in [6.07, 6.45) is 4.04. The summed E-state index contributed by atoms with van der Waals surface area (Å²) in [5.41, 5.74) is 4.06. The maximum atomic E-state index is 13.1. The Labute approximate surface area is 194 Å². The molecule has 2 heterocycles. The fourth-order valence-corrected chi connectivity index (χ4v) is 5.13. The maximum Gasteiger partial charge on any atom is 0.270 e. The Bertz CT molecular complexity index is 1330. The van der Waals surface area contributed by atoms with Gasteiger partial charge in [0.2, 0.25) is 0 Å². The van der Waals surface area contributed by atoms with Crippen molar-refractivity contribution in [3.05, 3.63) is 106 Å². The zero-order valence-corrected chi connectivity index (χ0v) is 18.8. The van der Waals surface area contributed by atoms with Crippen LogP contribution in [0.3, 0.4) is 0 Å². The van der Waals surface area contributed by atoms with Crippen LogP contribution in [0.15, 0.2) is 90.0 Å². The molecule has 1 aliphatic heterocycles. The van der Waals surface area contributed by atoms with Crippen molar-refractivity contribution in [1.29, 1.82) is 0 Å². The molecule has 0 N–H and O–H groups in total. The number of thiocarbonyl (C=S) groups is 1. The van der Waals surface area contributed by atoms with Crippen LogP contribution in [0.2, 0.25) is 5.02 Å². The van der Waals surface area contributed by atoms with Gasteiger partial charge in [-0.05, 0) is 42.0 Å². The molecule has 1 amide bonds. The van der Waals surface area contributed by atoms with Crippen LogP contribution in [-0.4, -0.2) is 14.8 Å². The van der Waals surface area contributed by atoms with Crippen molar-refractivity contribution in [2.75, 3.05) is 4.90 Å². The lowest BCUT2D eigenvalue weighted by Gasteiger charge is -2.13. The number of carbonyl (C=O) groups excluding carboxylic acids is 1. The number of anilines is 1. The molecule has 0 aliphatic carbocycles. The predicted octanol–water partition coefficient (Wildman–Crippen LogP) is 6.75. The number of hydrogen-bond donors (Lipinski definition) is 0. The van der Waals surface area contributed by atoms with E-state index in [1.54, 1.807) is 4.90 Å². The summed E-state index contributed by atoms with van der Waals surface area (Å²) in [6, 6.07) is 25.6. The van der Waals surface area contributed by atoms with Gasteiger partial charge in [-0.15, -0.1) is 0 Å². The number of thioether (sulfide) groups is 1. The first-order valence-electron chi connectivity index (χ1n) is 9.75. The lowest BCUT2D eigenvalue weighted by molar-refractivity contribution is -0.113. The molecule has 4 aromatic rings. The summed E-state index contributed by atoms with van der Waals surface area (Å²) >= 11 is 12.9. The van der Waals surface area contributed by atoms with Gasteiger partial charge in [0.15, 0.2) is 4.32 Å². The van der Waals surface area contributed by atoms with Gasteiger partial charge in [-0.3, -0.25) is 9.69 Å². The summed E-state index contributed by atoms with van der Waals surface area (Å²) in [5.74, 6) is -0.0873. The monoisotopic (exact) mass is 460 g/mol. The minimum atomic E-state index is -0.0873. The van der Waals surface area contributed by atoms with Crippen LogP contribution >= 0.6 is 35.6 Å². The lowest BCUT2D eigenvalue weighted by atomic mass is 10.1. The van der Waals surface area contributed by atoms with Crippen molar-refractivity contribution in [3.8, 4) is 0 Å². The molecule has 0 atom stereocenters. The van der Waals surface area contributed by atoms with Crippen molar-refractivity contribution in [1.82, 2.24) is 4.57 Å². The molecule has 1 aromatic heterocycles. The van der Waals surface area contributed by atoms with E-state index in [0.29, 0.717) is 9.23 Å². The molecule has 1 aliphatic rings. The van der Waals surface area contributed by atoms with E-state index in [2.05, 4.69) is 22.9 Å². The van der Waals surface area contributed by atoms with Crippen molar-refractivity contribution >= 4 is 68.5 Å². The van der Waals surface area contributed by atoms with Crippen LogP contribution in [0.25, 0.3) is 17.0 Å². The Balaban J connectivity index is 1.52. The van der Waals surface area contributed by atoms with Crippen molar-refractivity contribution in [2.24, 2.45) is 0 Å². The number of amides is 1. The molecule has 152 valence electrons. The van der Waals surface area contributed by atoms with Crippen LogP contribution in [0, 0.1) is 0 Å². The minimum Gasteiger partial charge on any atom is -0.342 e. The normalized spacial score (nSPS) is 15.4. The first-order chi connectivity index (χ1) is 15.1. The number of halogens is 1. The Hall–Kier alpha value is -2.86. The van der Waals surface area contributed by atoms with Gasteiger partial charge in [0.05, 0.1) is 10.6 Å². The molecule has 31 heavy (non-hydrogen) atoms. The van der Waals surface area contributed by atoms with Gasteiger partial charge in [0, 0.05) is 34.2 Å². The minimum absolute atomic E-state index is 0.0873. The summed E-state index contributed by atoms with van der Waals surface area (Å²) in [4.78, 5) is 15.3. The number of fused-ring (bicyclic) bond motifs is 1.